The highest BCUT2D eigenvalue weighted by molar-refractivity contribution is 8.09. The van der Waals surface area contributed by atoms with Crippen LogP contribution in [0.25, 0.3) is 0 Å². The third-order valence-electron chi connectivity index (χ3n) is 1.34. The first kappa shape index (κ1) is 5.57. The van der Waals surface area contributed by atoms with Gasteiger partial charge in [0, 0.05) is 0 Å². The second kappa shape index (κ2) is 1.46. The average molecular weight is 139 g/mol. The van der Waals surface area contributed by atoms with Gasteiger partial charge in [-0.15, -0.1) is 0 Å². The molecule has 1 rings (SSSR count). The topological polar surface area (TPSA) is 17.1 Å². The maximum absolute atomic E-state index is 10.4. The van der Waals surface area contributed by atoms with Crippen molar-refractivity contribution in [3.63, 3.8) is 0 Å². The molecule has 3 heteroatoms. The van der Waals surface area contributed by atoms with Crippen LogP contribution in [0.5, 0.6) is 0 Å². The van der Waals surface area contributed by atoms with Gasteiger partial charge in [0.05, 0.1) is 4.75 Å². The molecule has 1 atom stereocenters. The molecule has 0 radical (unpaired) electrons. The van der Waals surface area contributed by atoms with Gasteiger partial charge in [0.1, 0.15) is 10.0 Å². The van der Waals surface area contributed by atoms with E-state index in [2.05, 4.69) is 0 Å². The summed E-state index contributed by atoms with van der Waals surface area (Å²) >= 11 is 0. The molecule has 7 heavy (non-hydrogen) atoms. The summed E-state index contributed by atoms with van der Waals surface area (Å²) in [4.78, 5) is 0. The van der Waals surface area contributed by atoms with Gasteiger partial charge in [-0.05, 0) is 30.4 Å². The van der Waals surface area contributed by atoms with E-state index in [4.69, 9.17) is 10.7 Å². The SMILES string of the molecule is CC1(S(=O)Cl)CC1. The van der Waals surface area contributed by atoms with Crippen LogP contribution in [-0.2, 0) is 10.0 Å². The smallest absolute Gasteiger partial charge is 0.120 e. The van der Waals surface area contributed by atoms with Gasteiger partial charge < -0.3 is 0 Å². The summed E-state index contributed by atoms with van der Waals surface area (Å²) in [6.07, 6.45) is 2.06. The van der Waals surface area contributed by atoms with Crippen molar-refractivity contribution in [2.45, 2.75) is 24.5 Å². The van der Waals surface area contributed by atoms with Crippen molar-refractivity contribution < 1.29 is 4.21 Å². The lowest BCUT2D eigenvalue weighted by atomic mass is 10.5. The fraction of sp³-hybridized carbons (Fsp3) is 1.00. The Bertz CT molecular complexity index is 108. The van der Waals surface area contributed by atoms with Crippen molar-refractivity contribution in [2.24, 2.45) is 0 Å². The molecular weight excluding hydrogens is 132 g/mol. The first-order valence-electron chi connectivity index (χ1n) is 2.23. The fourth-order valence-corrected chi connectivity index (χ4v) is 1.22. The van der Waals surface area contributed by atoms with E-state index >= 15 is 0 Å². The van der Waals surface area contributed by atoms with E-state index in [1.54, 1.807) is 0 Å². The van der Waals surface area contributed by atoms with Crippen LogP contribution in [0.1, 0.15) is 19.8 Å². The minimum atomic E-state index is -1.10. The largest absolute Gasteiger partial charge is 0.242 e. The van der Waals surface area contributed by atoms with Gasteiger partial charge in [-0.1, -0.05) is 0 Å². The standard InChI is InChI=1S/C4H7ClOS/c1-4(2-3-4)7(5)6/h2-3H2,1H3. The van der Waals surface area contributed by atoms with Crippen molar-refractivity contribution in [1.29, 1.82) is 0 Å². The molecule has 0 N–H and O–H groups in total. The molecule has 0 amide bonds. The Morgan fingerprint density at radius 1 is 1.71 bits per heavy atom. The first-order chi connectivity index (χ1) is 3.15. The molecule has 1 fully saturated rings. The molecule has 1 saturated carbocycles. The third kappa shape index (κ3) is 0.970. The molecule has 1 unspecified atom stereocenters. The Morgan fingerprint density at radius 2 is 2.14 bits per heavy atom. The summed E-state index contributed by atoms with van der Waals surface area (Å²) in [6, 6.07) is 0. The normalized spacial score (nSPS) is 29.4. The second-order valence-electron chi connectivity index (χ2n) is 2.17. The minimum absolute atomic E-state index is 0.0123. The van der Waals surface area contributed by atoms with Crippen molar-refractivity contribution in [2.75, 3.05) is 0 Å². The fourth-order valence-electron chi connectivity index (χ4n) is 0.337. The van der Waals surface area contributed by atoms with Crippen LogP contribution in [0.15, 0.2) is 0 Å². The summed E-state index contributed by atoms with van der Waals surface area (Å²) < 4.78 is 10.4. The van der Waals surface area contributed by atoms with Crippen LogP contribution in [0.3, 0.4) is 0 Å². The first-order valence-corrected chi connectivity index (χ1v) is 4.21. The Hall–Kier alpha value is 0.440. The summed E-state index contributed by atoms with van der Waals surface area (Å²) in [6.45, 7) is 1.94. The summed E-state index contributed by atoms with van der Waals surface area (Å²) in [7, 11) is 4.19. The molecule has 0 aromatic rings. The minimum Gasteiger partial charge on any atom is -0.242 e. The van der Waals surface area contributed by atoms with E-state index in [0.717, 1.165) is 12.8 Å². The van der Waals surface area contributed by atoms with E-state index in [0.29, 0.717) is 0 Å². The van der Waals surface area contributed by atoms with Gasteiger partial charge in [-0.2, -0.15) is 0 Å². The molecule has 1 nitrogen and oxygen atoms in total. The second-order valence-corrected chi connectivity index (χ2v) is 4.45. The quantitative estimate of drug-likeness (QED) is 0.502. The van der Waals surface area contributed by atoms with Crippen LogP contribution in [0.4, 0.5) is 0 Å². The molecule has 0 aliphatic heterocycles. The zero-order valence-electron chi connectivity index (χ0n) is 4.11. The van der Waals surface area contributed by atoms with Gasteiger partial charge >= 0.3 is 0 Å². The van der Waals surface area contributed by atoms with Crippen LogP contribution >= 0.6 is 10.7 Å². The molecular formula is C4H7ClOS. The highest BCUT2D eigenvalue weighted by atomic mass is 35.7. The van der Waals surface area contributed by atoms with Crippen LogP contribution in [-0.4, -0.2) is 8.96 Å². The van der Waals surface area contributed by atoms with Gasteiger partial charge in [-0.3, -0.25) is 0 Å². The number of hydrogen-bond donors (Lipinski definition) is 0. The predicted molar refractivity (Wildman–Crippen MR) is 31.6 cm³/mol. The predicted octanol–water partition coefficient (Wildman–Crippen LogP) is 1.44. The monoisotopic (exact) mass is 138 g/mol. The van der Waals surface area contributed by atoms with Gasteiger partial charge in [0.15, 0.2) is 0 Å². The molecule has 0 heterocycles. The van der Waals surface area contributed by atoms with Crippen LogP contribution in [0, 0.1) is 0 Å². The Kier molecular flexibility index (Phi) is 1.16. The van der Waals surface area contributed by atoms with Crippen LogP contribution < -0.4 is 0 Å². The Balaban J connectivity index is 2.55. The molecule has 0 bridgehead atoms. The van der Waals surface area contributed by atoms with Gasteiger partial charge in [0.2, 0.25) is 0 Å². The molecule has 0 aromatic carbocycles. The van der Waals surface area contributed by atoms with Gasteiger partial charge in [0.25, 0.3) is 0 Å². The lowest BCUT2D eigenvalue weighted by Crippen LogP contribution is -2.03. The number of halogens is 1. The third-order valence-corrected chi connectivity index (χ3v) is 3.64. The summed E-state index contributed by atoms with van der Waals surface area (Å²) in [5.41, 5.74) is 0. The number of hydrogen-bond acceptors (Lipinski definition) is 1. The molecule has 0 saturated heterocycles. The lowest BCUT2D eigenvalue weighted by molar-refractivity contribution is 0.682. The van der Waals surface area contributed by atoms with E-state index in [-0.39, 0.29) is 4.75 Å². The summed E-state index contributed by atoms with van der Waals surface area (Å²) in [5.74, 6) is 0. The molecule has 0 spiro atoms. The van der Waals surface area contributed by atoms with Crippen LogP contribution in [0.2, 0.25) is 0 Å². The lowest BCUT2D eigenvalue weighted by Gasteiger charge is -1.95. The van der Waals surface area contributed by atoms with Crippen molar-refractivity contribution in [3.05, 3.63) is 0 Å². The van der Waals surface area contributed by atoms with Gasteiger partial charge in [-0.25, -0.2) is 4.21 Å². The zero-order chi connectivity index (χ0) is 5.49. The Morgan fingerprint density at radius 3 is 2.14 bits per heavy atom. The van der Waals surface area contributed by atoms with E-state index < -0.39 is 10.0 Å². The number of rotatable bonds is 1. The zero-order valence-corrected chi connectivity index (χ0v) is 5.68. The summed E-state index contributed by atoms with van der Waals surface area (Å²) in [5, 5.41) is 0. The molecule has 1 aliphatic carbocycles. The van der Waals surface area contributed by atoms with E-state index in [9.17, 15) is 4.21 Å². The molecule has 1 aliphatic rings. The Labute approximate surface area is 50.0 Å². The van der Waals surface area contributed by atoms with Crippen molar-refractivity contribution >= 4 is 20.7 Å². The highest BCUT2D eigenvalue weighted by Gasteiger charge is 2.43. The molecule has 42 valence electrons. The van der Waals surface area contributed by atoms with E-state index in [1.165, 1.54) is 0 Å². The highest BCUT2D eigenvalue weighted by Crippen LogP contribution is 2.42. The average Bonchev–Trinajstić information content (AvgIpc) is 2.21. The maximum atomic E-state index is 10.4. The van der Waals surface area contributed by atoms with E-state index in [1.807, 2.05) is 6.92 Å². The molecule has 0 aromatic heterocycles. The van der Waals surface area contributed by atoms with Crippen molar-refractivity contribution in [1.82, 2.24) is 0 Å². The maximum Gasteiger partial charge on any atom is 0.120 e. The van der Waals surface area contributed by atoms with Crippen molar-refractivity contribution in [3.8, 4) is 0 Å².